The van der Waals surface area contributed by atoms with E-state index in [9.17, 15) is 4.79 Å². The second-order valence-electron chi connectivity index (χ2n) is 5.47. The number of hydrogen-bond donors (Lipinski definition) is 1. The Balaban J connectivity index is 1.70. The molecule has 1 amide bonds. The Hall–Kier alpha value is -3.74. The largest absolute Gasteiger partial charge is 0.495 e. The highest BCUT2D eigenvalue weighted by atomic mass is 16.5. The summed E-state index contributed by atoms with van der Waals surface area (Å²) < 4.78 is 11.1. The zero-order valence-corrected chi connectivity index (χ0v) is 13.8. The third-order valence-electron chi connectivity index (χ3n) is 3.81. The summed E-state index contributed by atoms with van der Waals surface area (Å²) in [6, 6.07) is 10.5. The first-order valence-electron chi connectivity index (χ1n) is 7.85. The molecule has 7 heteroatoms. The van der Waals surface area contributed by atoms with E-state index in [-0.39, 0.29) is 5.91 Å². The Morgan fingerprint density at radius 1 is 1.12 bits per heavy atom. The van der Waals surface area contributed by atoms with E-state index in [1.807, 2.05) is 6.07 Å². The normalized spacial score (nSPS) is 10.7. The monoisotopic (exact) mass is 346 g/mol. The number of carbonyl (C=O) groups excluding carboxylic acids is 1. The van der Waals surface area contributed by atoms with Crippen LogP contribution in [-0.4, -0.2) is 28.0 Å². The van der Waals surface area contributed by atoms with Gasteiger partial charge in [-0.1, -0.05) is 0 Å². The maximum absolute atomic E-state index is 12.4. The van der Waals surface area contributed by atoms with Crippen LogP contribution in [0.5, 0.6) is 5.75 Å². The lowest BCUT2D eigenvalue weighted by atomic mass is 10.1. The van der Waals surface area contributed by atoms with Gasteiger partial charge in [-0.15, -0.1) is 0 Å². The van der Waals surface area contributed by atoms with Crippen molar-refractivity contribution < 1.29 is 13.9 Å². The first-order valence-corrected chi connectivity index (χ1v) is 7.85. The van der Waals surface area contributed by atoms with Crippen LogP contribution in [0.3, 0.4) is 0 Å². The van der Waals surface area contributed by atoms with Gasteiger partial charge in [0.25, 0.3) is 5.91 Å². The molecule has 1 aromatic carbocycles. The van der Waals surface area contributed by atoms with Crippen molar-refractivity contribution in [3.63, 3.8) is 0 Å². The maximum atomic E-state index is 12.4. The highest BCUT2D eigenvalue weighted by Gasteiger charge is 2.14. The molecule has 3 aromatic heterocycles. The Labute approximate surface area is 148 Å². The van der Waals surface area contributed by atoms with Crippen LogP contribution in [0.15, 0.2) is 65.6 Å². The number of carbonyl (C=O) groups is 1. The van der Waals surface area contributed by atoms with E-state index in [4.69, 9.17) is 9.15 Å². The topological polar surface area (TPSA) is 90.1 Å². The van der Waals surface area contributed by atoms with Crippen molar-refractivity contribution in [2.24, 2.45) is 0 Å². The summed E-state index contributed by atoms with van der Waals surface area (Å²) in [6.07, 6.45) is 6.39. The average Bonchev–Trinajstić information content (AvgIpc) is 3.13. The van der Waals surface area contributed by atoms with Gasteiger partial charge in [0.05, 0.1) is 24.6 Å². The van der Waals surface area contributed by atoms with E-state index in [0.29, 0.717) is 39.6 Å². The third kappa shape index (κ3) is 2.98. The van der Waals surface area contributed by atoms with Crippen LogP contribution in [0.1, 0.15) is 10.4 Å². The molecule has 0 aliphatic rings. The highest BCUT2D eigenvalue weighted by Crippen LogP contribution is 2.32. The first-order chi connectivity index (χ1) is 12.7. The predicted octanol–water partition coefficient (Wildman–Crippen LogP) is 3.55. The number of rotatable bonds is 4. The summed E-state index contributed by atoms with van der Waals surface area (Å²) in [6.45, 7) is 0. The molecular formula is C19H14N4O3. The molecule has 0 fully saturated rings. The number of aromatic nitrogens is 3. The number of nitrogens with zero attached hydrogens (tertiary/aromatic N) is 3. The molecule has 26 heavy (non-hydrogen) atoms. The Bertz CT molecular complexity index is 1040. The van der Waals surface area contributed by atoms with Gasteiger partial charge in [0.2, 0.25) is 5.89 Å². The quantitative estimate of drug-likeness (QED) is 0.608. The Morgan fingerprint density at radius 3 is 2.77 bits per heavy atom. The van der Waals surface area contributed by atoms with Gasteiger partial charge in [0.1, 0.15) is 11.3 Å². The van der Waals surface area contributed by atoms with Crippen molar-refractivity contribution >= 4 is 22.7 Å². The van der Waals surface area contributed by atoms with E-state index in [1.165, 1.54) is 6.20 Å². The van der Waals surface area contributed by atoms with Crippen LogP contribution in [0.2, 0.25) is 0 Å². The van der Waals surface area contributed by atoms with Crippen LogP contribution >= 0.6 is 0 Å². The second kappa shape index (κ2) is 6.64. The Kier molecular flexibility index (Phi) is 4.03. The molecule has 4 aromatic rings. The zero-order chi connectivity index (χ0) is 17.9. The number of hydrogen-bond acceptors (Lipinski definition) is 6. The van der Waals surface area contributed by atoms with Gasteiger partial charge in [-0.3, -0.25) is 14.8 Å². The van der Waals surface area contributed by atoms with Gasteiger partial charge in [-0.2, -0.15) is 0 Å². The second-order valence-corrected chi connectivity index (χ2v) is 5.47. The molecule has 128 valence electrons. The first kappa shape index (κ1) is 15.8. The molecule has 0 bridgehead atoms. The number of methoxy groups -OCH3 is 1. The van der Waals surface area contributed by atoms with Crippen molar-refractivity contribution in [3.8, 4) is 17.2 Å². The summed E-state index contributed by atoms with van der Waals surface area (Å²) >= 11 is 0. The van der Waals surface area contributed by atoms with Gasteiger partial charge in [-0.25, -0.2) is 4.98 Å². The number of benzene rings is 1. The molecule has 0 atom stereocenters. The highest BCUT2D eigenvalue weighted by molar-refractivity contribution is 6.05. The summed E-state index contributed by atoms with van der Waals surface area (Å²) in [5, 5.41) is 2.84. The molecule has 0 saturated carbocycles. The van der Waals surface area contributed by atoms with Crippen LogP contribution in [0.4, 0.5) is 5.69 Å². The molecule has 0 aliphatic heterocycles. The van der Waals surface area contributed by atoms with Crippen molar-refractivity contribution in [2.45, 2.75) is 0 Å². The fourth-order valence-corrected chi connectivity index (χ4v) is 2.53. The predicted molar refractivity (Wildman–Crippen MR) is 96.0 cm³/mol. The Morgan fingerprint density at radius 2 is 2.00 bits per heavy atom. The summed E-state index contributed by atoms with van der Waals surface area (Å²) in [5.74, 6) is 0.687. The molecule has 3 heterocycles. The molecule has 0 unspecified atom stereocenters. The van der Waals surface area contributed by atoms with Crippen molar-refractivity contribution in [1.29, 1.82) is 0 Å². The number of oxazole rings is 1. The fourth-order valence-electron chi connectivity index (χ4n) is 2.53. The molecule has 0 radical (unpaired) electrons. The molecule has 0 saturated heterocycles. The minimum atomic E-state index is -0.282. The van der Waals surface area contributed by atoms with Gasteiger partial charge >= 0.3 is 0 Å². The van der Waals surface area contributed by atoms with Gasteiger partial charge in [0.15, 0.2) is 5.58 Å². The molecule has 0 spiro atoms. The van der Waals surface area contributed by atoms with E-state index >= 15 is 0 Å². The van der Waals surface area contributed by atoms with E-state index < -0.39 is 0 Å². The number of anilines is 1. The minimum absolute atomic E-state index is 0.282. The molecular weight excluding hydrogens is 332 g/mol. The molecule has 7 nitrogen and oxygen atoms in total. The molecule has 0 aliphatic carbocycles. The van der Waals surface area contributed by atoms with Gasteiger partial charge in [-0.05, 0) is 30.3 Å². The summed E-state index contributed by atoms with van der Waals surface area (Å²) in [5.41, 5.74) is 2.99. The third-order valence-corrected chi connectivity index (χ3v) is 3.81. The SMILES string of the molecule is COc1ccc(-c2nc3cnccc3o2)cc1NC(=O)c1cccnc1. The average molecular weight is 346 g/mol. The maximum Gasteiger partial charge on any atom is 0.257 e. The lowest BCUT2D eigenvalue weighted by Gasteiger charge is -2.11. The van der Waals surface area contributed by atoms with Crippen molar-refractivity contribution in [1.82, 2.24) is 15.0 Å². The van der Waals surface area contributed by atoms with Gasteiger partial charge in [0, 0.05) is 30.2 Å². The fraction of sp³-hybridized carbons (Fsp3) is 0.0526. The van der Waals surface area contributed by atoms with Crippen LogP contribution in [0.25, 0.3) is 22.6 Å². The number of nitrogens with one attached hydrogen (secondary N) is 1. The number of amides is 1. The van der Waals surface area contributed by atoms with Crippen LogP contribution < -0.4 is 10.1 Å². The molecule has 1 N–H and O–H groups in total. The van der Waals surface area contributed by atoms with E-state index in [0.717, 1.165) is 0 Å². The minimum Gasteiger partial charge on any atom is -0.495 e. The number of ether oxygens (including phenoxy) is 1. The number of pyridine rings is 2. The van der Waals surface area contributed by atoms with Crippen LogP contribution in [0, 0.1) is 0 Å². The smallest absolute Gasteiger partial charge is 0.257 e. The lowest BCUT2D eigenvalue weighted by Crippen LogP contribution is -2.12. The summed E-state index contributed by atoms with van der Waals surface area (Å²) in [7, 11) is 1.54. The zero-order valence-electron chi connectivity index (χ0n) is 13.8. The van der Waals surface area contributed by atoms with Gasteiger partial charge < -0.3 is 14.5 Å². The van der Waals surface area contributed by atoms with Crippen molar-refractivity contribution in [2.75, 3.05) is 12.4 Å². The van der Waals surface area contributed by atoms with E-state index in [1.54, 1.807) is 56.0 Å². The van der Waals surface area contributed by atoms with Crippen LogP contribution in [-0.2, 0) is 0 Å². The summed E-state index contributed by atoms with van der Waals surface area (Å²) in [4.78, 5) is 24.8. The van der Waals surface area contributed by atoms with E-state index in [2.05, 4.69) is 20.3 Å². The standard InChI is InChI=1S/C19H14N4O3/c1-25-16-5-4-12(19-23-15-11-21-8-6-17(15)26-19)9-14(16)22-18(24)13-3-2-7-20-10-13/h2-11H,1H3,(H,22,24). The number of fused-ring (bicyclic) bond motifs is 1. The lowest BCUT2D eigenvalue weighted by molar-refractivity contribution is 0.102. The molecule has 4 rings (SSSR count). The van der Waals surface area contributed by atoms with Crippen molar-refractivity contribution in [3.05, 3.63) is 66.7 Å².